The second-order valence-electron chi connectivity index (χ2n) is 5.30. The van der Waals surface area contributed by atoms with Crippen LogP contribution in [0.15, 0.2) is 18.3 Å². The lowest BCUT2D eigenvalue weighted by Gasteiger charge is -2.35. The topological polar surface area (TPSA) is 99.6 Å². The number of pyridine rings is 1. The van der Waals surface area contributed by atoms with Gasteiger partial charge < -0.3 is 15.3 Å². The predicted octanol–water partition coefficient (Wildman–Crippen LogP) is 0.130. The number of likely N-dealkylation sites (tertiary alicyclic amines) is 1. The molecule has 2 aliphatic heterocycles. The molecule has 110 valence electrons. The zero-order chi connectivity index (χ0) is 15.0. The number of hydrogen-bond acceptors (Lipinski definition) is 4. The molecule has 0 aliphatic carbocycles. The number of aromatic nitrogens is 1. The lowest BCUT2D eigenvalue weighted by Crippen LogP contribution is -2.48. The van der Waals surface area contributed by atoms with Crippen molar-refractivity contribution in [3.63, 3.8) is 0 Å². The third-order valence-electron chi connectivity index (χ3n) is 4.09. The summed E-state index contributed by atoms with van der Waals surface area (Å²) in [5.41, 5.74) is 0.251. The zero-order valence-electron chi connectivity index (χ0n) is 11.3. The summed E-state index contributed by atoms with van der Waals surface area (Å²) in [7, 11) is 0. The summed E-state index contributed by atoms with van der Waals surface area (Å²) >= 11 is 0. The van der Waals surface area contributed by atoms with Gasteiger partial charge in [-0.1, -0.05) is 0 Å². The lowest BCUT2D eigenvalue weighted by atomic mass is 9.91. The van der Waals surface area contributed by atoms with Gasteiger partial charge in [-0.3, -0.25) is 14.6 Å². The number of amides is 2. The van der Waals surface area contributed by atoms with Crippen LogP contribution in [0.4, 0.5) is 0 Å². The Morgan fingerprint density at radius 2 is 2.19 bits per heavy atom. The van der Waals surface area contributed by atoms with Crippen molar-refractivity contribution in [2.45, 2.75) is 18.9 Å². The number of carbonyl (C=O) groups is 3. The molecular formula is C14H15N3O4. The summed E-state index contributed by atoms with van der Waals surface area (Å²) in [6.07, 6.45) is 2.76. The van der Waals surface area contributed by atoms with E-state index in [1.807, 2.05) is 0 Å². The van der Waals surface area contributed by atoms with Gasteiger partial charge in [0.25, 0.3) is 5.91 Å². The fraction of sp³-hybridized carbons (Fsp3) is 0.429. The van der Waals surface area contributed by atoms with Gasteiger partial charge in [0.2, 0.25) is 5.91 Å². The number of carbonyl (C=O) groups excluding carboxylic acids is 2. The first-order valence-corrected chi connectivity index (χ1v) is 6.86. The van der Waals surface area contributed by atoms with Gasteiger partial charge in [-0.2, -0.15) is 0 Å². The zero-order valence-corrected chi connectivity index (χ0v) is 11.3. The summed E-state index contributed by atoms with van der Waals surface area (Å²) in [5.74, 6) is -1.46. The van der Waals surface area contributed by atoms with E-state index in [9.17, 15) is 14.4 Å². The number of fused-ring (bicyclic) bond motifs is 1. The first kappa shape index (κ1) is 13.5. The van der Waals surface area contributed by atoms with E-state index in [-0.39, 0.29) is 35.0 Å². The Morgan fingerprint density at radius 3 is 2.86 bits per heavy atom. The molecule has 2 fully saturated rings. The average molecular weight is 289 g/mol. The standard InChI is InChI=1S/C14H15N3O4/c18-12-9-2-1-5-17(11(9)7-16-12)13(19)10-4-3-8(6-15-10)14(20)21/h3-4,6,9,11H,1-2,5,7H2,(H,16,18)(H,20,21). The first-order valence-electron chi connectivity index (χ1n) is 6.86. The van der Waals surface area contributed by atoms with Crippen LogP contribution in [-0.4, -0.2) is 51.9 Å². The van der Waals surface area contributed by atoms with Crippen LogP contribution in [0.25, 0.3) is 0 Å². The molecule has 0 aromatic carbocycles. The molecule has 1 aromatic rings. The number of nitrogens with one attached hydrogen (secondary N) is 1. The molecule has 3 heterocycles. The second kappa shape index (κ2) is 5.16. The fourth-order valence-electron chi connectivity index (χ4n) is 3.00. The molecule has 2 amide bonds. The Hall–Kier alpha value is -2.44. The Kier molecular flexibility index (Phi) is 3.32. The van der Waals surface area contributed by atoms with E-state index in [1.165, 1.54) is 18.3 Å². The Balaban J connectivity index is 1.81. The first-order chi connectivity index (χ1) is 10.1. The minimum Gasteiger partial charge on any atom is -0.478 e. The summed E-state index contributed by atoms with van der Waals surface area (Å²) < 4.78 is 0. The van der Waals surface area contributed by atoms with Crippen LogP contribution in [0.5, 0.6) is 0 Å². The number of hydrogen-bond donors (Lipinski definition) is 2. The van der Waals surface area contributed by atoms with Gasteiger partial charge in [0.05, 0.1) is 17.5 Å². The Morgan fingerprint density at radius 1 is 1.38 bits per heavy atom. The van der Waals surface area contributed by atoms with Crippen LogP contribution in [-0.2, 0) is 4.79 Å². The quantitative estimate of drug-likeness (QED) is 0.806. The number of carboxylic acid groups (broad SMARTS) is 1. The monoisotopic (exact) mass is 289 g/mol. The predicted molar refractivity (Wildman–Crippen MR) is 71.8 cm³/mol. The van der Waals surface area contributed by atoms with Crippen LogP contribution in [0.2, 0.25) is 0 Å². The highest BCUT2D eigenvalue weighted by molar-refractivity contribution is 5.95. The van der Waals surface area contributed by atoms with E-state index in [1.54, 1.807) is 4.90 Å². The van der Waals surface area contributed by atoms with Crippen molar-refractivity contribution in [2.24, 2.45) is 5.92 Å². The Labute approximate surface area is 121 Å². The molecular weight excluding hydrogens is 274 g/mol. The number of rotatable bonds is 2. The molecule has 7 heteroatoms. The number of aromatic carboxylic acids is 1. The molecule has 2 aliphatic rings. The normalized spacial score (nSPS) is 24.4. The van der Waals surface area contributed by atoms with Gasteiger partial charge in [-0.25, -0.2) is 4.79 Å². The van der Waals surface area contributed by atoms with Crippen molar-refractivity contribution < 1.29 is 19.5 Å². The van der Waals surface area contributed by atoms with Crippen LogP contribution in [0.1, 0.15) is 33.7 Å². The third-order valence-corrected chi connectivity index (χ3v) is 4.09. The smallest absolute Gasteiger partial charge is 0.337 e. The van der Waals surface area contributed by atoms with Crippen molar-refractivity contribution >= 4 is 17.8 Å². The van der Waals surface area contributed by atoms with Crippen LogP contribution in [0.3, 0.4) is 0 Å². The maximum atomic E-state index is 12.5. The van der Waals surface area contributed by atoms with Gasteiger partial charge in [-0.05, 0) is 25.0 Å². The second-order valence-corrected chi connectivity index (χ2v) is 5.30. The summed E-state index contributed by atoms with van der Waals surface area (Å²) in [5, 5.41) is 11.6. The number of piperidine rings is 1. The lowest BCUT2D eigenvalue weighted by molar-refractivity contribution is -0.123. The molecule has 2 saturated heterocycles. The number of carboxylic acids is 1. The largest absolute Gasteiger partial charge is 0.478 e. The maximum absolute atomic E-state index is 12.5. The molecule has 1 aromatic heterocycles. The Bertz CT molecular complexity index is 599. The maximum Gasteiger partial charge on any atom is 0.337 e. The highest BCUT2D eigenvalue weighted by Gasteiger charge is 2.42. The summed E-state index contributed by atoms with van der Waals surface area (Å²) in [6, 6.07) is 2.65. The van der Waals surface area contributed by atoms with Gasteiger partial charge in [-0.15, -0.1) is 0 Å². The molecule has 0 radical (unpaired) electrons. The van der Waals surface area contributed by atoms with Crippen LogP contribution >= 0.6 is 0 Å². The van der Waals surface area contributed by atoms with E-state index < -0.39 is 5.97 Å². The van der Waals surface area contributed by atoms with E-state index in [4.69, 9.17) is 5.11 Å². The molecule has 0 saturated carbocycles. The SMILES string of the molecule is O=C(O)c1ccc(C(=O)N2CCCC3C(=O)NCC32)nc1. The highest BCUT2D eigenvalue weighted by atomic mass is 16.4. The van der Waals surface area contributed by atoms with Crippen molar-refractivity contribution in [1.82, 2.24) is 15.2 Å². The van der Waals surface area contributed by atoms with Crippen molar-refractivity contribution in [1.29, 1.82) is 0 Å². The molecule has 0 spiro atoms. The fourth-order valence-corrected chi connectivity index (χ4v) is 3.00. The molecule has 2 unspecified atom stereocenters. The average Bonchev–Trinajstić information content (AvgIpc) is 2.88. The molecule has 7 nitrogen and oxygen atoms in total. The third kappa shape index (κ3) is 2.35. The van der Waals surface area contributed by atoms with E-state index in [0.29, 0.717) is 13.1 Å². The van der Waals surface area contributed by atoms with E-state index >= 15 is 0 Å². The highest BCUT2D eigenvalue weighted by Crippen LogP contribution is 2.28. The minimum atomic E-state index is -1.08. The van der Waals surface area contributed by atoms with Gasteiger partial charge in [0.15, 0.2) is 0 Å². The van der Waals surface area contributed by atoms with Gasteiger partial charge >= 0.3 is 5.97 Å². The van der Waals surface area contributed by atoms with E-state index in [0.717, 1.165) is 12.8 Å². The van der Waals surface area contributed by atoms with Gasteiger partial charge in [0, 0.05) is 19.3 Å². The summed E-state index contributed by atoms with van der Waals surface area (Å²) in [4.78, 5) is 40.6. The van der Waals surface area contributed by atoms with Crippen molar-refractivity contribution in [3.05, 3.63) is 29.6 Å². The molecule has 0 bridgehead atoms. The van der Waals surface area contributed by atoms with E-state index in [2.05, 4.69) is 10.3 Å². The molecule has 2 N–H and O–H groups in total. The van der Waals surface area contributed by atoms with Crippen LogP contribution < -0.4 is 5.32 Å². The number of nitrogens with zero attached hydrogens (tertiary/aromatic N) is 2. The molecule has 21 heavy (non-hydrogen) atoms. The van der Waals surface area contributed by atoms with Crippen LogP contribution in [0, 0.1) is 5.92 Å². The molecule has 2 atom stereocenters. The minimum absolute atomic E-state index is 0.00619. The van der Waals surface area contributed by atoms with Crippen molar-refractivity contribution in [2.75, 3.05) is 13.1 Å². The van der Waals surface area contributed by atoms with Crippen molar-refractivity contribution in [3.8, 4) is 0 Å². The summed E-state index contributed by atoms with van der Waals surface area (Å²) in [6.45, 7) is 1.07. The molecule has 3 rings (SSSR count). The van der Waals surface area contributed by atoms with Gasteiger partial charge in [0.1, 0.15) is 5.69 Å².